The minimum atomic E-state index is -0.284. The summed E-state index contributed by atoms with van der Waals surface area (Å²) in [6.07, 6.45) is 3.50. The zero-order valence-corrected chi connectivity index (χ0v) is 38.6. The fraction of sp³-hybridized carbons (Fsp3) is 0.522. The molecule has 4 aromatic heterocycles. The van der Waals surface area contributed by atoms with E-state index in [-0.39, 0.29) is 78.1 Å². The highest BCUT2D eigenvalue weighted by atomic mass is 32.1. The Balaban J connectivity index is 1.13. The number of hydrogen-bond acceptors (Lipinski definition) is 18. The fourth-order valence-electron chi connectivity index (χ4n) is 6.24. The first-order chi connectivity index (χ1) is 31.3. The SMILES string of the molecule is CCCCOCCOCCOc1c(C(C)(C)C)sc(C(C)(C)C)c1OCCOCCOCCCC[N+]#Cc1nc2c3nc(C#N)c(C#N)nc3c3nc(C#N)c(C#N)nc3c2nc1C#N. The molecule has 336 valence electrons. The molecule has 0 amide bonds. The van der Waals surface area contributed by atoms with Crippen molar-refractivity contribution in [2.75, 3.05) is 72.6 Å². The van der Waals surface area contributed by atoms with E-state index in [0.29, 0.717) is 78.8 Å². The second-order valence-electron chi connectivity index (χ2n) is 16.5. The van der Waals surface area contributed by atoms with Crippen LogP contribution in [0.5, 0.6) is 11.5 Å². The van der Waals surface area contributed by atoms with Crippen molar-refractivity contribution in [1.29, 1.82) is 26.3 Å². The average molecular weight is 900 g/mol. The minimum absolute atomic E-state index is 0.00101. The molecule has 0 saturated carbocycles. The molecule has 0 bridgehead atoms. The van der Waals surface area contributed by atoms with Gasteiger partial charge in [0.05, 0.1) is 49.4 Å². The molecule has 65 heavy (non-hydrogen) atoms. The molecule has 0 aliphatic rings. The number of rotatable bonds is 21. The van der Waals surface area contributed by atoms with Crippen molar-refractivity contribution in [3.63, 3.8) is 0 Å². The van der Waals surface area contributed by atoms with Crippen LogP contribution in [0.25, 0.3) is 37.9 Å². The number of thiophene rings is 1. The van der Waals surface area contributed by atoms with Gasteiger partial charge < -0.3 is 28.4 Å². The maximum Gasteiger partial charge on any atom is 0.334 e. The quantitative estimate of drug-likeness (QED) is 0.0516. The molecule has 0 N–H and O–H groups in total. The normalized spacial score (nSPS) is 11.4. The monoisotopic (exact) mass is 899 g/mol. The van der Waals surface area contributed by atoms with Gasteiger partial charge in [0.1, 0.15) is 76.7 Å². The predicted molar refractivity (Wildman–Crippen MR) is 241 cm³/mol. The summed E-state index contributed by atoms with van der Waals surface area (Å²) >= 11 is 1.73. The van der Waals surface area contributed by atoms with E-state index in [4.69, 9.17) is 28.4 Å². The third-order valence-corrected chi connectivity index (χ3v) is 11.4. The highest BCUT2D eigenvalue weighted by Gasteiger charge is 2.33. The zero-order valence-electron chi connectivity index (χ0n) is 37.8. The number of hydrogen-bond donors (Lipinski definition) is 0. The number of aromatic nitrogens is 6. The van der Waals surface area contributed by atoms with Gasteiger partial charge in [-0.1, -0.05) is 59.7 Å². The zero-order chi connectivity index (χ0) is 47.0. The molecule has 0 radical (unpaired) electrons. The van der Waals surface area contributed by atoms with Crippen molar-refractivity contribution in [2.24, 2.45) is 0 Å². The second-order valence-corrected chi connectivity index (χ2v) is 17.6. The van der Waals surface area contributed by atoms with E-state index in [9.17, 15) is 26.3 Å². The molecule has 5 aromatic rings. The Morgan fingerprint density at radius 2 is 0.769 bits per heavy atom. The van der Waals surface area contributed by atoms with Crippen LogP contribution in [-0.2, 0) is 29.8 Å². The summed E-state index contributed by atoms with van der Waals surface area (Å²) in [5.74, 6) is 1.52. The molecule has 0 saturated heterocycles. The van der Waals surface area contributed by atoms with Crippen molar-refractivity contribution in [3.8, 4) is 47.9 Å². The molecular formula is C46H51N12O6S+. The van der Waals surface area contributed by atoms with Gasteiger partial charge in [0.25, 0.3) is 6.54 Å². The largest absolute Gasteiger partial charge is 0.486 e. The van der Waals surface area contributed by atoms with Crippen molar-refractivity contribution < 1.29 is 28.4 Å². The van der Waals surface area contributed by atoms with Crippen LogP contribution < -0.4 is 9.47 Å². The molecule has 5 rings (SSSR count). The molecule has 4 heterocycles. The lowest BCUT2D eigenvalue weighted by Crippen LogP contribution is -2.16. The van der Waals surface area contributed by atoms with Crippen molar-refractivity contribution in [2.45, 2.75) is 85.0 Å². The maximum absolute atomic E-state index is 9.97. The Morgan fingerprint density at radius 1 is 0.446 bits per heavy atom. The summed E-state index contributed by atoms with van der Waals surface area (Å²) < 4.78 is 35.7. The molecule has 0 aliphatic heterocycles. The van der Waals surface area contributed by atoms with E-state index >= 15 is 0 Å². The lowest BCUT2D eigenvalue weighted by Gasteiger charge is -2.20. The van der Waals surface area contributed by atoms with E-state index < -0.39 is 0 Å². The van der Waals surface area contributed by atoms with Gasteiger partial charge in [-0.15, -0.1) is 11.3 Å². The first-order valence-electron chi connectivity index (χ1n) is 21.3. The molecule has 0 atom stereocenters. The van der Waals surface area contributed by atoms with E-state index in [1.807, 2.05) is 30.3 Å². The summed E-state index contributed by atoms with van der Waals surface area (Å²) in [4.78, 5) is 32.7. The Kier molecular flexibility index (Phi) is 17.7. The molecule has 0 aliphatic carbocycles. The van der Waals surface area contributed by atoms with Gasteiger partial charge in [0.2, 0.25) is 5.69 Å². The van der Waals surface area contributed by atoms with Gasteiger partial charge in [-0.25, -0.2) is 29.9 Å². The molecular weight excluding hydrogens is 849 g/mol. The van der Waals surface area contributed by atoms with Gasteiger partial charge >= 0.3 is 6.07 Å². The van der Waals surface area contributed by atoms with Gasteiger partial charge in [-0.3, -0.25) is 0 Å². The number of nitriles is 5. The Morgan fingerprint density at radius 3 is 1.12 bits per heavy atom. The number of unbranched alkanes of at least 4 members (excludes halogenated alkanes) is 2. The predicted octanol–water partition coefficient (Wildman–Crippen LogP) is 7.32. The smallest absolute Gasteiger partial charge is 0.334 e. The molecule has 0 unspecified atom stereocenters. The highest BCUT2D eigenvalue weighted by Crippen LogP contribution is 2.51. The first-order valence-corrected chi connectivity index (χ1v) is 22.1. The summed E-state index contributed by atoms with van der Waals surface area (Å²) in [5.41, 5.74) is -1.41. The maximum atomic E-state index is 9.97. The standard InChI is InChI=1S/C46H51N12O6S/c1-8-9-13-59-15-17-61-19-21-63-41-42(44(46(5,6)7)65-43(41)45(2,3)4)64-22-20-62-18-16-60-14-11-10-12-52-28-34-33(27-51)57-39-37-35(53-29(23-47)30(24-48)55-37)36-38(40(39)58-34)56-32(26-50)31(25-49)54-36/h8-22H2,1-7H3/q+1. The van der Waals surface area contributed by atoms with Gasteiger partial charge in [-0.05, 0) is 12.8 Å². The summed E-state index contributed by atoms with van der Waals surface area (Å²) in [6.45, 7) is 20.2. The van der Waals surface area contributed by atoms with E-state index in [0.717, 1.165) is 40.7 Å². The second kappa shape index (κ2) is 23.3. The third-order valence-electron chi connectivity index (χ3n) is 9.40. The fourth-order valence-corrected chi connectivity index (χ4v) is 7.54. The van der Waals surface area contributed by atoms with E-state index in [1.165, 1.54) is 0 Å². The van der Waals surface area contributed by atoms with Crippen LogP contribution in [0, 0.1) is 62.7 Å². The van der Waals surface area contributed by atoms with Crippen LogP contribution in [-0.4, -0.2) is 103 Å². The van der Waals surface area contributed by atoms with Gasteiger partial charge in [-0.2, -0.15) is 26.3 Å². The number of nitrogens with zero attached hydrogens (tertiary/aromatic N) is 12. The minimum Gasteiger partial charge on any atom is -0.486 e. The highest BCUT2D eigenvalue weighted by molar-refractivity contribution is 7.13. The number of fused-ring (bicyclic) bond motifs is 6. The summed E-state index contributed by atoms with van der Waals surface area (Å²) in [7, 11) is 0. The topological polar surface area (TPSA) is 256 Å². The van der Waals surface area contributed by atoms with Gasteiger partial charge in [0.15, 0.2) is 40.0 Å². The number of ether oxygens (including phenoxy) is 6. The first kappa shape index (κ1) is 49.3. The van der Waals surface area contributed by atoms with Crippen LogP contribution in [0.2, 0.25) is 0 Å². The van der Waals surface area contributed by atoms with E-state index in [1.54, 1.807) is 11.3 Å². The van der Waals surface area contributed by atoms with Crippen molar-refractivity contribution in [3.05, 3.63) is 48.8 Å². The lowest BCUT2D eigenvalue weighted by molar-refractivity contribution is 0.0322. The van der Waals surface area contributed by atoms with Crippen molar-refractivity contribution >= 4 is 44.4 Å². The van der Waals surface area contributed by atoms with Gasteiger partial charge in [0, 0.05) is 30.5 Å². The third kappa shape index (κ3) is 12.5. The number of benzene rings is 1. The Labute approximate surface area is 382 Å². The van der Waals surface area contributed by atoms with Crippen LogP contribution >= 0.6 is 11.3 Å². The average Bonchev–Trinajstić information content (AvgIpc) is 3.68. The Hall–Kier alpha value is -6.68. The summed E-state index contributed by atoms with van der Waals surface area (Å²) in [6, 6.07) is 12.1. The lowest BCUT2D eigenvalue weighted by atomic mass is 9.91. The van der Waals surface area contributed by atoms with Crippen LogP contribution in [0.4, 0.5) is 0 Å². The van der Waals surface area contributed by atoms with Crippen LogP contribution in [0.15, 0.2) is 0 Å². The molecule has 19 heteroatoms. The van der Waals surface area contributed by atoms with Crippen LogP contribution in [0.3, 0.4) is 0 Å². The molecule has 18 nitrogen and oxygen atoms in total. The van der Waals surface area contributed by atoms with E-state index in [2.05, 4.69) is 89.3 Å². The Bertz CT molecular complexity index is 2740. The van der Waals surface area contributed by atoms with Crippen LogP contribution in [0.1, 0.15) is 118 Å². The summed E-state index contributed by atoms with van der Waals surface area (Å²) in [5, 5.41) is 48.5. The molecule has 1 aromatic carbocycles. The molecule has 0 fully saturated rings. The van der Waals surface area contributed by atoms with Crippen molar-refractivity contribution in [1.82, 2.24) is 29.9 Å². The molecule has 0 spiro atoms.